The molecule has 2 aromatic carbocycles. The van der Waals surface area contributed by atoms with Crippen LogP contribution < -0.4 is 5.32 Å². The predicted molar refractivity (Wildman–Crippen MR) is 68.6 cm³/mol. The van der Waals surface area contributed by atoms with E-state index in [0.717, 1.165) is 5.69 Å². The minimum Gasteiger partial charge on any atom is -0.508 e. The highest BCUT2D eigenvalue weighted by atomic mass is 35.5. The summed E-state index contributed by atoms with van der Waals surface area (Å²) in [5, 5.41) is 22.4. The number of para-hydroxylation sites is 1. The lowest BCUT2D eigenvalue weighted by Gasteiger charge is -2.09. The van der Waals surface area contributed by atoms with Crippen molar-refractivity contribution in [2.24, 2.45) is 0 Å². The van der Waals surface area contributed by atoms with E-state index in [1.807, 2.05) is 6.07 Å². The van der Waals surface area contributed by atoms with Crippen molar-refractivity contribution in [1.29, 1.82) is 0 Å². The second kappa shape index (κ2) is 4.97. The van der Waals surface area contributed by atoms with Crippen LogP contribution in [0.15, 0.2) is 42.5 Å². The largest absolute Gasteiger partial charge is 0.508 e. The molecule has 3 N–H and O–H groups in total. The van der Waals surface area contributed by atoms with Crippen molar-refractivity contribution in [3.63, 3.8) is 0 Å². The van der Waals surface area contributed by atoms with Crippen molar-refractivity contribution in [3.8, 4) is 11.5 Å². The summed E-state index contributed by atoms with van der Waals surface area (Å²) in [5.74, 6) is 0.284. The Bertz CT molecular complexity index is 529. The molecule has 88 valence electrons. The maximum atomic E-state index is 9.71. The van der Waals surface area contributed by atoms with Gasteiger partial charge in [0.15, 0.2) is 0 Å². The van der Waals surface area contributed by atoms with Crippen LogP contribution in [0.25, 0.3) is 0 Å². The first-order chi connectivity index (χ1) is 8.16. The summed E-state index contributed by atoms with van der Waals surface area (Å²) in [5.41, 5.74) is 1.49. The van der Waals surface area contributed by atoms with E-state index in [4.69, 9.17) is 11.6 Å². The first kappa shape index (κ1) is 11.6. The summed E-state index contributed by atoms with van der Waals surface area (Å²) in [6.07, 6.45) is 0. The van der Waals surface area contributed by atoms with E-state index in [1.54, 1.807) is 36.4 Å². The molecule has 0 aliphatic heterocycles. The lowest BCUT2D eigenvalue weighted by molar-refractivity contribution is 0.469. The second-order valence-corrected chi connectivity index (χ2v) is 4.06. The normalized spacial score (nSPS) is 10.2. The molecule has 0 amide bonds. The van der Waals surface area contributed by atoms with Crippen LogP contribution in [0, 0.1) is 0 Å². The minimum absolute atomic E-state index is 0.0850. The average Bonchev–Trinajstić information content (AvgIpc) is 2.31. The molecule has 0 aliphatic carbocycles. The zero-order chi connectivity index (χ0) is 12.3. The number of anilines is 1. The molecule has 0 bridgehead atoms. The van der Waals surface area contributed by atoms with Crippen LogP contribution in [0.3, 0.4) is 0 Å². The lowest BCUT2D eigenvalue weighted by Crippen LogP contribution is -1.99. The van der Waals surface area contributed by atoms with Gasteiger partial charge < -0.3 is 15.5 Å². The Morgan fingerprint density at radius 1 is 1.06 bits per heavy atom. The van der Waals surface area contributed by atoms with Gasteiger partial charge in [-0.05, 0) is 18.2 Å². The highest BCUT2D eigenvalue weighted by molar-refractivity contribution is 6.32. The number of phenols is 2. The van der Waals surface area contributed by atoms with Gasteiger partial charge in [0, 0.05) is 23.9 Å². The smallest absolute Gasteiger partial charge is 0.139 e. The number of hydrogen-bond acceptors (Lipinski definition) is 3. The van der Waals surface area contributed by atoms with Gasteiger partial charge in [0.2, 0.25) is 0 Å². The van der Waals surface area contributed by atoms with Crippen molar-refractivity contribution in [3.05, 3.63) is 53.1 Å². The topological polar surface area (TPSA) is 52.5 Å². The van der Waals surface area contributed by atoms with Crippen molar-refractivity contribution in [1.82, 2.24) is 0 Å². The van der Waals surface area contributed by atoms with Gasteiger partial charge >= 0.3 is 0 Å². The van der Waals surface area contributed by atoms with E-state index in [2.05, 4.69) is 5.32 Å². The molecular formula is C13H12ClNO2. The summed E-state index contributed by atoms with van der Waals surface area (Å²) < 4.78 is 0. The Morgan fingerprint density at radius 3 is 2.59 bits per heavy atom. The monoisotopic (exact) mass is 249 g/mol. The molecule has 0 aromatic heterocycles. The number of halogens is 1. The van der Waals surface area contributed by atoms with Gasteiger partial charge in [-0.1, -0.05) is 29.8 Å². The molecule has 3 nitrogen and oxygen atoms in total. The Morgan fingerprint density at radius 2 is 1.82 bits per heavy atom. The Labute approximate surface area is 104 Å². The van der Waals surface area contributed by atoms with E-state index in [9.17, 15) is 10.2 Å². The summed E-state index contributed by atoms with van der Waals surface area (Å²) in [6.45, 7) is 0.440. The maximum absolute atomic E-state index is 9.71. The van der Waals surface area contributed by atoms with Gasteiger partial charge in [0.25, 0.3) is 0 Å². The number of aromatic hydroxyl groups is 2. The number of rotatable bonds is 3. The number of benzene rings is 2. The van der Waals surface area contributed by atoms with Crippen molar-refractivity contribution < 1.29 is 10.2 Å². The van der Waals surface area contributed by atoms with Crippen LogP contribution >= 0.6 is 11.6 Å². The molecular weight excluding hydrogens is 238 g/mol. The molecule has 0 saturated heterocycles. The molecule has 0 fully saturated rings. The van der Waals surface area contributed by atoms with Crippen LogP contribution in [0.4, 0.5) is 5.69 Å². The third-order valence-electron chi connectivity index (χ3n) is 2.40. The Hall–Kier alpha value is -1.87. The summed E-state index contributed by atoms with van der Waals surface area (Å²) in [6, 6.07) is 12.0. The van der Waals surface area contributed by atoms with Crippen LogP contribution in [-0.4, -0.2) is 10.2 Å². The molecule has 0 spiro atoms. The molecule has 17 heavy (non-hydrogen) atoms. The van der Waals surface area contributed by atoms with Gasteiger partial charge in [-0.15, -0.1) is 0 Å². The van der Waals surface area contributed by atoms with Crippen LogP contribution in [0.2, 0.25) is 5.02 Å². The molecule has 0 aliphatic rings. The van der Waals surface area contributed by atoms with E-state index in [-0.39, 0.29) is 11.5 Å². The van der Waals surface area contributed by atoms with Crippen LogP contribution in [0.1, 0.15) is 5.56 Å². The number of nitrogens with one attached hydrogen (secondary N) is 1. The highest BCUT2D eigenvalue weighted by Gasteiger charge is 2.04. The maximum Gasteiger partial charge on any atom is 0.139 e. The fourth-order valence-corrected chi connectivity index (χ4v) is 1.71. The summed E-state index contributed by atoms with van der Waals surface area (Å²) in [7, 11) is 0. The molecule has 4 heteroatoms. The Kier molecular flexibility index (Phi) is 3.40. The minimum atomic E-state index is 0.0850. The van der Waals surface area contributed by atoms with E-state index < -0.39 is 0 Å². The zero-order valence-corrected chi connectivity index (χ0v) is 9.78. The lowest BCUT2D eigenvalue weighted by atomic mass is 10.2. The molecule has 0 saturated carbocycles. The Balaban J connectivity index is 2.10. The van der Waals surface area contributed by atoms with E-state index in [1.165, 1.54) is 0 Å². The third kappa shape index (κ3) is 2.82. The van der Waals surface area contributed by atoms with Gasteiger partial charge in [0.05, 0.1) is 5.02 Å². The quantitative estimate of drug-likeness (QED) is 0.782. The van der Waals surface area contributed by atoms with Crippen molar-refractivity contribution >= 4 is 17.3 Å². The van der Waals surface area contributed by atoms with Crippen molar-refractivity contribution in [2.45, 2.75) is 6.54 Å². The second-order valence-electron chi connectivity index (χ2n) is 3.65. The molecule has 0 unspecified atom stereocenters. The predicted octanol–water partition coefficient (Wildman–Crippen LogP) is 3.36. The zero-order valence-electron chi connectivity index (χ0n) is 9.02. The fraction of sp³-hybridized carbons (Fsp3) is 0.0769. The first-order valence-electron chi connectivity index (χ1n) is 5.16. The summed E-state index contributed by atoms with van der Waals surface area (Å²) in [4.78, 5) is 0. The molecule has 2 rings (SSSR count). The SMILES string of the molecule is Oc1cccc(NCc2cccc(Cl)c2O)c1. The molecule has 0 radical (unpaired) electrons. The fourth-order valence-electron chi connectivity index (χ4n) is 1.52. The molecule has 2 aromatic rings. The standard InChI is InChI=1S/C13H12ClNO2/c14-12-6-1-3-9(13(12)17)8-15-10-4-2-5-11(16)7-10/h1-7,15-17H,8H2. The van der Waals surface area contributed by atoms with Crippen LogP contribution in [-0.2, 0) is 6.54 Å². The number of hydrogen-bond donors (Lipinski definition) is 3. The van der Waals surface area contributed by atoms with Gasteiger partial charge in [-0.2, -0.15) is 0 Å². The first-order valence-corrected chi connectivity index (χ1v) is 5.54. The molecule has 0 heterocycles. The summed E-state index contributed by atoms with van der Waals surface area (Å²) >= 11 is 5.80. The average molecular weight is 250 g/mol. The molecule has 0 atom stereocenters. The van der Waals surface area contributed by atoms with Crippen LogP contribution in [0.5, 0.6) is 11.5 Å². The number of phenolic OH excluding ortho intramolecular Hbond substituents is 2. The van der Waals surface area contributed by atoms with E-state index >= 15 is 0 Å². The highest BCUT2D eigenvalue weighted by Crippen LogP contribution is 2.27. The van der Waals surface area contributed by atoms with Gasteiger partial charge in [-0.3, -0.25) is 0 Å². The van der Waals surface area contributed by atoms with Gasteiger partial charge in [0.1, 0.15) is 11.5 Å². The van der Waals surface area contributed by atoms with Gasteiger partial charge in [-0.25, -0.2) is 0 Å². The van der Waals surface area contributed by atoms with Crippen molar-refractivity contribution in [2.75, 3.05) is 5.32 Å². The third-order valence-corrected chi connectivity index (χ3v) is 2.70. The van der Waals surface area contributed by atoms with E-state index in [0.29, 0.717) is 17.1 Å².